The van der Waals surface area contributed by atoms with Gasteiger partial charge in [-0.1, -0.05) is 35.9 Å². The van der Waals surface area contributed by atoms with Crippen LogP contribution >= 0.6 is 11.9 Å². The normalized spacial score (nSPS) is 17.6. The van der Waals surface area contributed by atoms with Gasteiger partial charge in [0, 0.05) is 36.5 Å². The number of nitrogens with two attached hydrogens (primary N) is 1. The van der Waals surface area contributed by atoms with Gasteiger partial charge in [-0.15, -0.1) is 0 Å². The molecule has 1 saturated heterocycles. The summed E-state index contributed by atoms with van der Waals surface area (Å²) >= 11 is 1.85. The number of amidine groups is 1. The van der Waals surface area contributed by atoms with Crippen LogP contribution in [0.5, 0.6) is 0 Å². The molecule has 2 heterocycles. The summed E-state index contributed by atoms with van der Waals surface area (Å²) in [6, 6.07) is 15.2. The number of hydrogen-bond donors (Lipinski definition) is 2. The van der Waals surface area contributed by atoms with Crippen LogP contribution in [0.3, 0.4) is 0 Å². The van der Waals surface area contributed by atoms with Gasteiger partial charge in [-0.2, -0.15) is 0 Å². The van der Waals surface area contributed by atoms with Gasteiger partial charge in [-0.05, 0) is 61.2 Å². The predicted octanol–water partition coefficient (Wildman–Crippen LogP) is 4.31. The van der Waals surface area contributed by atoms with Crippen molar-refractivity contribution in [2.24, 2.45) is 16.6 Å². The molecule has 0 aromatic heterocycles. The summed E-state index contributed by atoms with van der Waals surface area (Å²) in [4.78, 5) is 5.90. The predicted molar refractivity (Wildman–Crippen MR) is 116 cm³/mol. The highest BCUT2D eigenvalue weighted by Gasteiger charge is 2.26. The average molecular weight is 379 g/mol. The third-order valence-electron chi connectivity index (χ3n) is 4.97. The van der Waals surface area contributed by atoms with E-state index in [0.717, 1.165) is 43.2 Å². The van der Waals surface area contributed by atoms with Crippen molar-refractivity contribution >= 4 is 29.5 Å². The van der Waals surface area contributed by atoms with Crippen molar-refractivity contribution in [1.82, 2.24) is 9.62 Å². The minimum absolute atomic E-state index is 0.679. The van der Waals surface area contributed by atoms with E-state index >= 15 is 0 Å². The van der Waals surface area contributed by atoms with E-state index in [2.05, 4.69) is 70.1 Å². The van der Waals surface area contributed by atoms with Crippen molar-refractivity contribution in [1.29, 1.82) is 0 Å². The molecule has 140 valence electrons. The highest BCUT2D eigenvalue weighted by atomic mass is 32.2. The van der Waals surface area contributed by atoms with Gasteiger partial charge in [0.15, 0.2) is 0 Å². The molecule has 0 atom stereocenters. The van der Waals surface area contributed by atoms with Gasteiger partial charge >= 0.3 is 0 Å². The van der Waals surface area contributed by atoms with Gasteiger partial charge in [-0.3, -0.25) is 0 Å². The molecule has 4 nitrogen and oxygen atoms in total. The van der Waals surface area contributed by atoms with E-state index < -0.39 is 0 Å². The number of hydrogen-bond acceptors (Lipinski definition) is 5. The zero-order chi connectivity index (χ0) is 18.8. The lowest BCUT2D eigenvalue weighted by Gasteiger charge is -2.38. The number of benzene rings is 2. The molecule has 0 unspecified atom stereocenters. The van der Waals surface area contributed by atoms with Crippen molar-refractivity contribution in [3.05, 3.63) is 53.6 Å². The quantitative estimate of drug-likeness (QED) is 0.762. The van der Waals surface area contributed by atoms with Crippen LogP contribution in [0.15, 0.2) is 57.9 Å². The Kier molecular flexibility index (Phi) is 5.34. The van der Waals surface area contributed by atoms with E-state index in [4.69, 9.17) is 5.73 Å². The van der Waals surface area contributed by atoms with Crippen molar-refractivity contribution in [2.75, 3.05) is 26.7 Å². The SMILES string of the molecule is CNCC1CN(Sc2cccc(-c3ccc4c(c3)N=C(N)CC(C)=C4)c2)C1. The molecular formula is C22H26N4S. The first-order valence-corrected chi connectivity index (χ1v) is 10.2. The molecule has 4 rings (SSSR count). The molecule has 2 aliphatic rings. The lowest BCUT2D eigenvalue weighted by Crippen LogP contribution is -2.46. The monoisotopic (exact) mass is 378 g/mol. The molecule has 0 spiro atoms. The van der Waals surface area contributed by atoms with E-state index in [-0.39, 0.29) is 0 Å². The Balaban J connectivity index is 1.54. The highest BCUT2D eigenvalue weighted by Crippen LogP contribution is 2.35. The lowest BCUT2D eigenvalue weighted by atomic mass is 10.0. The van der Waals surface area contributed by atoms with Crippen LogP contribution in [0.1, 0.15) is 18.9 Å². The van der Waals surface area contributed by atoms with E-state index in [0.29, 0.717) is 5.84 Å². The Morgan fingerprint density at radius 1 is 1.19 bits per heavy atom. The van der Waals surface area contributed by atoms with E-state index in [1.54, 1.807) is 0 Å². The summed E-state index contributed by atoms with van der Waals surface area (Å²) in [5, 5.41) is 3.26. The second-order valence-corrected chi connectivity index (χ2v) is 8.60. The van der Waals surface area contributed by atoms with Crippen LogP contribution in [0.2, 0.25) is 0 Å². The fraction of sp³-hybridized carbons (Fsp3) is 0.318. The molecule has 2 aliphatic heterocycles. The van der Waals surface area contributed by atoms with E-state index in [9.17, 15) is 0 Å². The fourth-order valence-electron chi connectivity index (χ4n) is 3.63. The van der Waals surface area contributed by atoms with Crippen LogP contribution in [-0.2, 0) is 0 Å². The van der Waals surface area contributed by atoms with Gasteiger partial charge < -0.3 is 11.1 Å². The molecule has 0 amide bonds. The number of fused-ring (bicyclic) bond motifs is 1. The van der Waals surface area contributed by atoms with Crippen molar-refractivity contribution < 1.29 is 0 Å². The van der Waals surface area contributed by atoms with Gasteiger partial charge in [-0.25, -0.2) is 9.30 Å². The topological polar surface area (TPSA) is 53.6 Å². The molecule has 27 heavy (non-hydrogen) atoms. The summed E-state index contributed by atoms with van der Waals surface area (Å²) in [5.74, 6) is 1.45. The minimum Gasteiger partial charge on any atom is -0.387 e. The maximum absolute atomic E-state index is 6.06. The molecule has 5 heteroatoms. The first kappa shape index (κ1) is 18.3. The molecule has 2 aromatic carbocycles. The third-order valence-corrected chi connectivity index (χ3v) is 6.00. The fourth-order valence-corrected chi connectivity index (χ4v) is 4.82. The Labute approximate surface area is 165 Å². The largest absolute Gasteiger partial charge is 0.387 e. The highest BCUT2D eigenvalue weighted by molar-refractivity contribution is 7.97. The summed E-state index contributed by atoms with van der Waals surface area (Å²) in [5.41, 5.74) is 11.8. The maximum atomic E-state index is 6.06. The summed E-state index contributed by atoms with van der Waals surface area (Å²) in [6.07, 6.45) is 2.92. The Hall–Kier alpha value is -2.08. The van der Waals surface area contributed by atoms with Crippen molar-refractivity contribution in [3.8, 4) is 11.1 Å². The van der Waals surface area contributed by atoms with E-state index in [1.165, 1.54) is 21.6 Å². The molecule has 3 N–H and O–H groups in total. The van der Waals surface area contributed by atoms with Gasteiger partial charge in [0.2, 0.25) is 0 Å². The van der Waals surface area contributed by atoms with Gasteiger partial charge in [0.05, 0.1) is 5.69 Å². The average Bonchev–Trinajstić information content (AvgIpc) is 2.75. The summed E-state index contributed by atoms with van der Waals surface area (Å²) < 4.78 is 2.43. The molecule has 0 aliphatic carbocycles. The van der Waals surface area contributed by atoms with E-state index in [1.807, 2.05) is 19.0 Å². The molecule has 0 radical (unpaired) electrons. The van der Waals surface area contributed by atoms with Crippen LogP contribution in [0, 0.1) is 5.92 Å². The van der Waals surface area contributed by atoms with Crippen molar-refractivity contribution in [2.45, 2.75) is 18.2 Å². The summed E-state index contributed by atoms with van der Waals surface area (Å²) in [6.45, 7) is 5.50. The second-order valence-electron chi connectivity index (χ2n) is 7.43. The number of nitrogens with zero attached hydrogens (tertiary/aromatic N) is 2. The molecule has 1 fully saturated rings. The number of aliphatic imine (C=N–C) groups is 1. The van der Waals surface area contributed by atoms with Crippen LogP contribution < -0.4 is 11.1 Å². The first-order chi connectivity index (χ1) is 13.1. The third kappa shape index (κ3) is 4.26. The van der Waals surface area contributed by atoms with Crippen LogP contribution in [0.4, 0.5) is 5.69 Å². The Bertz CT molecular complexity index is 897. The molecule has 2 aromatic rings. The molecular weight excluding hydrogens is 352 g/mol. The lowest BCUT2D eigenvalue weighted by molar-refractivity contribution is 0.217. The first-order valence-electron chi connectivity index (χ1n) is 9.43. The summed E-state index contributed by atoms with van der Waals surface area (Å²) in [7, 11) is 2.02. The second kappa shape index (κ2) is 7.89. The smallest absolute Gasteiger partial charge is 0.104 e. The van der Waals surface area contributed by atoms with Gasteiger partial charge in [0.1, 0.15) is 5.84 Å². The number of nitrogens with one attached hydrogen (secondary N) is 1. The molecule has 0 saturated carbocycles. The zero-order valence-corrected chi connectivity index (χ0v) is 16.7. The van der Waals surface area contributed by atoms with Crippen LogP contribution in [0.25, 0.3) is 17.2 Å². The van der Waals surface area contributed by atoms with Crippen molar-refractivity contribution in [3.63, 3.8) is 0 Å². The number of rotatable bonds is 5. The Morgan fingerprint density at radius 2 is 2.00 bits per heavy atom. The zero-order valence-electron chi connectivity index (χ0n) is 15.9. The van der Waals surface area contributed by atoms with Gasteiger partial charge in [0.25, 0.3) is 0 Å². The molecule has 0 bridgehead atoms. The minimum atomic E-state index is 0.679. The standard InChI is InChI=1S/C22H26N4S/c1-15-8-19-7-6-18(11-21(19)25-22(23)9-15)17-4-3-5-20(10-17)27-26-13-16(14-26)12-24-2/h3-8,10-11,16,24H,9,12-14H2,1-2H3,(H2,23,25). The van der Waals surface area contributed by atoms with Crippen LogP contribution in [-0.4, -0.2) is 36.8 Å². The Morgan fingerprint density at radius 3 is 2.81 bits per heavy atom. The maximum Gasteiger partial charge on any atom is 0.104 e.